The van der Waals surface area contributed by atoms with Gasteiger partial charge in [0.25, 0.3) is 0 Å². The summed E-state index contributed by atoms with van der Waals surface area (Å²) >= 11 is 0. The maximum atomic E-state index is 14.0. The van der Waals surface area contributed by atoms with Crippen LogP contribution >= 0.6 is 0 Å². The molecule has 0 unspecified atom stereocenters. The van der Waals surface area contributed by atoms with Gasteiger partial charge in [0.1, 0.15) is 5.82 Å². The maximum Gasteiger partial charge on any atom is 0.165 e. The molecule has 0 spiro atoms. The second-order valence-corrected chi connectivity index (χ2v) is 6.81. The summed E-state index contributed by atoms with van der Waals surface area (Å²) in [4.78, 5) is 6.68. The SMILES string of the molecule is CC(C)N(C)c1ccc(CN[C@@H]2CCCOc3c(F)cccc32)cn1. The molecule has 1 aliphatic heterocycles. The Morgan fingerprint density at radius 1 is 1.32 bits per heavy atom. The second-order valence-electron chi connectivity index (χ2n) is 6.81. The molecule has 3 rings (SSSR count). The van der Waals surface area contributed by atoms with Crippen LogP contribution in [0, 0.1) is 5.82 Å². The van der Waals surface area contributed by atoms with E-state index in [0.717, 1.165) is 29.8 Å². The van der Waals surface area contributed by atoms with Gasteiger partial charge in [-0.1, -0.05) is 18.2 Å². The molecule has 1 aliphatic rings. The summed E-state index contributed by atoms with van der Waals surface area (Å²) in [6.45, 7) is 5.53. The van der Waals surface area contributed by atoms with Crippen molar-refractivity contribution < 1.29 is 9.13 Å². The van der Waals surface area contributed by atoms with Crippen LogP contribution in [0.2, 0.25) is 0 Å². The number of nitrogens with one attached hydrogen (secondary N) is 1. The zero-order chi connectivity index (χ0) is 17.8. The van der Waals surface area contributed by atoms with Crippen molar-refractivity contribution in [2.45, 2.75) is 45.3 Å². The van der Waals surface area contributed by atoms with Gasteiger partial charge in [0.15, 0.2) is 11.6 Å². The normalized spacial score (nSPS) is 16.9. The first-order valence-corrected chi connectivity index (χ1v) is 8.88. The number of rotatable bonds is 5. The predicted octanol–water partition coefficient (Wildman–Crippen LogP) is 4.07. The van der Waals surface area contributed by atoms with Gasteiger partial charge in [-0.25, -0.2) is 9.37 Å². The molecule has 4 nitrogen and oxygen atoms in total. The second kappa shape index (κ2) is 7.83. The summed E-state index contributed by atoms with van der Waals surface area (Å²) < 4.78 is 19.6. The highest BCUT2D eigenvalue weighted by atomic mass is 19.1. The Morgan fingerprint density at radius 3 is 2.88 bits per heavy atom. The standard InChI is InChI=1S/C20H26FN3O/c1-14(2)24(3)19-10-9-15(13-23-19)12-22-18-8-5-11-25-20-16(18)6-4-7-17(20)21/h4,6-7,9-10,13-14,18,22H,5,8,11-12H2,1-3H3/t18-/m1/s1. The van der Waals surface area contributed by atoms with Crippen LogP contribution in [0.4, 0.5) is 10.2 Å². The summed E-state index contributed by atoms with van der Waals surface area (Å²) in [5.74, 6) is 1.08. The first-order chi connectivity index (χ1) is 12.1. The lowest BCUT2D eigenvalue weighted by Gasteiger charge is -2.23. The lowest BCUT2D eigenvalue weighted by atomic mass is 10.0. The molecule has 0 fully saturated rings. The Kier molecular flexibility index (Phi) is 5.53. The van der Waals surface area contributed by atoms with E-state index in [2.05, 4.69) is 35.1 Å². The lowest BCUT2D eigenvalue weighted by molar-refractivity contribution is 0.300. The molecule has 2 aromatic rings. The van der Waals surface area contributed by atoms with Crippen LogP contribution in [0.25, 0.3) is 0 Å². The van der Waals surface area contributed by atoms with Crippen molar-refractivity contribution in [3.63, 3.8) is 0 Å². The molecule has 0 saturated heterocycles. The zero-order valence-corrected chi connectivity index (χ0v) is 15.1. The Labute approximate surface area is 149 Å². The molecule has 0 aliphatic carbocycles. The summed E-state index contributed by atoms with van der Waals surface area (Å²) in [7, 11) is 2.04. The van der Waals surface area contributed by atoms with E-state index in [1.54, 1.807) is 6.07 Å². The van der Waals surface area contributed by atoms with Gasteiger partial charge in [0.2, 0.25) is 0 Å². The largest absolute Gasteiger partial charge is 0.490 e. The van der Waals surface area contributed by atoms with E-state index in [4.69, 9.17) is 4.74 Å². The first-order valence-electron chi connectivity index (χ1n) is 8.88. The third-order valence-electron chi connectivity index (χ3n) is 4.75. The van der Waals surface area contributed by atoms with Crippen LogP contribution in [0.15, 0.2) is 36.5 Å². The van der Waals surface area contributed by atoms with Crippen molar-refractivity contribution in [3.05, 3.63) is 53.5 Å². The van der Waals surface area contributed by atoms with E-state index in [1.807, 2.05) is 25.4 Å². The van der Waals surface area contributed by atoms with E-state index < -0.39 is 0 Å². The van der Waals surface area contributed by atoms with Gasteiger partial charge in [-0.2, -0.15) is 0 Å². The Morgan fingerprint density at radius 2 is 2.16 bits per heavy atom. The topological polar surface area (TPSA) is 37.4 Å². The van der Waals surface area contributed by atoms with Crippen LogP contribution in [-0.2, 0) is 6.54 Å². The molecule has 2 heterocycles. The Bertz CT molecular complexity index is 703. The highest BCUT2D eigenvalue weighted by molar-refractivity contribution is 5.40. The van der Waals surface area contributed by atoms with Gasteiger partial charge in [-0.05, 0) is 44.4 Å². The number of fused-ring (bicyclic) bond motifs is 1. The number of ether oxygens (including phenoxy) is 1. The summed E-state index contributed by atoms with van der Waals surface area (Å²) in [5.41, 5.74) is 2.02. The molecule has 1 atom stereocenters. The monoisotopic (exact) mass is 343 g/mol. The fraction of sp³-hybridized carbons (Fsp3) is 0.450. The van der Waals surface area contributed by atoms with Crippen molar-refractivity contribution in [3.8, 4) is 5.75 Å². The van der Waals surface area contributed by atoms with Gasteiger partial charge in [0, 0.05) is 37.4 Å². The molecule has 1 N–H and O–H groups in total. The third kappa shape index (κ3) is 4.10. The third-order valence-corrected chi connectivity index (χ3v) is 4.75. The van der Waals surface area contributed by atoms with Crippen molar-refractivity contribution >= 4 is 5.82 Å². The number of aromatic nitrogens is 1. The number of hydrogen-bond donors (Lipinski definition) is 1. The predicted molar refractivity (Wildman–Crippen MR) is 98.5 cm³/mol. The quantitative estimate of drug-likeness (QED) is 0.888. The minimum Gasteiger partial charge on any atom is -0.490 e. The van der Waals surface area contributed by atoms with Gasteiger partial charge < -0.3 is 15.0 Å². The molecule has 25 heavy (non-hydrogen) atoms. The average molecular weight is 343 g/mol. The Balaban J connectivity index is 1.69. The average Bonchev–Trinajstić information content (AvgIpc) is 2.83. The van der Waals surface area contributed by atoms with E-state index in [0.29, 0.717) is 24.9 Å². The molecule has 134 valence electrons. The Hall–Kier alpha value is -2.14. The number of nitrogens with zero attached hydrogens (tertiary/aromatic N) is 2. The van der Waals surface area contributed by atoms with Crippen LogP contribution < -0.4 is 15.0 Å². The van der Waals surface area contributed by atoms with E-state index in [1.165, 1.54) is 6.07 Å². The van der Waals surface area contributed by atoms with Crippen LogP contribution in [-0.4, -0.2) is 24.7 Å². The number of hydrogen-bond acceptors (Lipinski definition) is 4. The number of halogens is 1. The number of benzene rings is 1. The summed E-state index contributed by atoms with van der Waals surface area (Å²) in [6, 6.07) is 9.78. The van der Waals surface area contributed by atoms with Gasteiger partial charge >= 0.3 is 0 Å². The van der Waals surface area contributed by atoms with Crippen LogP contribution in [0.3, 0.4) is 0 Å². The maximum absolute atomic E-state index is 14.0. The van der Waals surface area contributed by atoms with Gasteiger partial charge in [-0.3, -0.25) is 0 Å². The molecule has 0 saturated carbocycles. The van der Waals surface area contributed by atoms with Crippen LogP contribution in [0.1, 0.15) is 43.9 Å². The molecule has 1 aromatic carbocycles. The molecule has 1 aromatic heterocycles. The van der Waals surface area contributed by atoms with Gasteiger partial charge in [0.05, 0.1) is 6.61 Å². The smallest absolute Gasteiger partial charge is 0.165 e. The van der Waals surface area contributed by atoms with Crippen molar-refractivity contribution in [1.29, 1.82) is 0 Å². The number of para-hydroxylation sites is 1. The van der Waals surface area contributed by atoms with Crippen molar-refractivity contribution in [2.24, 2.45) is 0 Å². The molecular formula is C20H26FN3O. The molecule has 0 bridgehead atoms. The summed E-state index contributed by atoms with van der Waals surface area (Å²) in [6.07, 6.45) is 3.74. The molecule has 0 radical (unpaired) electrons. The number of anilines is 1. The minimum atomic E-state index is -0.283. The van der Waals surface area contributed by atoms with Crippen molar-refractivity contribution in [2.75, 3.05) is 18.6 Å². The summed E-state index contributed by atoms with van der Waals surface area (Å²) in [5, 5.41) is 3.53. The fourth-order valence-corrected chi connectivity index (χ4v) is 3.02. The van der Waals surface area contributed by atoms with E-state index in [-0.39, 0.29) is 11.9 Å². The lowest BCUT2D eigenvalue weighted by Crippen LogP contribution is -2.26. The van der Waals surface area contributed by atoms with Crippen LogP contribution in [0.5, 0.6) is 5.75 Å². The molecule has 0 amide bonds. The van der Waals surface area contributed by atoms with E-state index >= 15 is 0 Å². The molecule has 5 heteroatoms. The minimum absolute atomic E-state index is 0.0891. The van der Waals surface area contributed by atoms with Gasteiger partial charge in [-0.15, -0.1) is 0 Å². The number of pyridine rings is 1. The van der Waals surface area contributed by atoms with E-state index in [9.17, 15) is 4.39 Å². The first kappa shape index (κ1) is 17.7. The van der Waals surface area contributed by atoms with Crippen molar-refractivity contribution in [1.82, 2.24) is 10.3 Å². The molecular weight excluding hydrogens is 317 g/mol. The zero-order valence-electron chi connectivity index (χ0n) is 15.1. The fourth-order valence-electron chi connectivity index (χ4n) is 3.02. The highest BCUT2D eigenvalue weighted by Gasteiger charge is 2.21. The highest BCUT2D eigenvalue weighted by Crippen LogP contribution is 2.33.